The SMILES string of the molecule is CCCCCCCCCCCCCCCCCCCCCC(=O)OC[C@H](COC(=O)CCCCCCCCCCCCCCC(C)C)OC(=O)CCCCCCCCCCCCCCCCCCCCC(C)CC. The highest BCUT2D eigenvalue weighted by Crippen LogP contribution is 2.20. The van der Waals surface area contributed by atoms with Crippen molar-refractivity contribution in [1.82, 2.24) is 0 Å². The molecule has 0 bridgehead atoms. The number of carbonyl (C=O) groups is 3. The van der Waals surface area contributed by atoms with E-state index in [0.717, 1.165) is 69.6 Å². The molecule has 6 nitrogen and oxygen atoms in total. The number of hydrogen-bond donors (Lipinski definition) is 0. The van der Waals surface area contributed by atoms with E-state index in [-0.39, 0.29) is 31.1 Å². The van der Waals surface area contributed by atoms with E-state index in [2.05, 4.69) is 34.6 Å². The van der Waals surface area contributed by atoms with Crippen molar-refractivity contribution in [1.29, 1.82) is 0 Å². The van der Waals surface area contributed by atoms with Gasteiger partial charge in [-0.25, -0.2) is 0 Å². The molecule has 0 rings (SSSR count). The summed E-state index contributed by atoms with van der Waals surface area (Å²) < 4.78 is 17.0. The minimum atomic E-state index is -0.764. The fourth-order valence-corrected chi connectivity index (χ4v) is 10.6. The Bertz CT molecular complexity index is 1140. The fourth-order valence-electron chi connectivity index (χ4n) is 10.6. The van der Waals surface area contributed by atoms with Crippen molar-refractivity contribution in [2.75, 3.05) is 13.2 Å². The van der Waals surface area contributed by atoms with Gasteiger partial charge in [0.05, 0.1) is 0 Å². The Morgan fingerprint density at radius 2 is 0.514 bits per heavy atom. The highest BCUT2D eigenvalue weighted by Gasteiger charge is 2.20. The maximum absolute atomic E-state index is 12.9. The lowest BCUT2D eigenvalue weighted by atomic mass is 9.99. The van der Waals surface area contributed by atoms with Crippen LogP contribution < -0.4 is 0 Å². The summed E-state index contributed by atoms with van der Waals surface area (Å²) in [6.07, 6.45) is 68.2. The molecule has 0 saturated heterocycles. The summed E-state index contributed by atoms with van der Waals surface area (Å²) >= 11 is 0. The zero-order valence-electron chi connectivity index (χ0n) is 51.0. The molecule has 0 aliphatic rings. The number of carbonyl (C=O) groups excluding carboxylic acids is 3. The lowest BCUT2D eigenvalue weighted by molar-refractivity contribution is -0.167. The van der Waals surface area contributed by atoms with Crippen LogP contribution in [0.2, 0.25) is 0 Å². The van der Waals surface area contributed by atoms with E-state index in [1.165, 1.54) is 276 Å². The number of esters is 3. The Kier molecular flexibility index (Phi) is 59.3. The zero-order valence-corrected chi connectivity index (χ0v) is 51.0. The van der Waals surface area contributed by atoms with Crippen molar-refractivity contribution in [3.63, 3.8) is 0 Å². The van der Waals surface area contributed by atoms with Gasteiger partial charge < -0.3 is 14.2 Å². The molecule has 440 valence electrons. The lowest BCUT2D eigenvalue weighted by Crippen LogP contribution is -2.30. The first-order valence-corrected chi connectivity index (χ1v) is 33.8. The van der Waals surface area contributed by atoms with Crippen LogP contribution in [0.5, 0.6) is 0 Å². The predicted molar refractivity (Wildman–Crippen MR) is 321 cm³/mol. The number of hydrogen-bond acceptors (Lipinski definition) is 6. The van der Waals surface area contributed by atoms with Crippen molar-refractivity contribution in [2.24, 2.45) is 11.8 Å². The molecule has 0 spiro atoms. The average molecular weight is 1050 g/mol. The van der Waals surface area contributed by atoms with E-state index in [4.69, 9.17) is 14.2 Å². The molecule has 0 aromatic carbocycles. The van der Waals surface area contributed by atoms with Crippen LogP contribution in [0.25, 0.3) is 0 Å². The van der Waals surface area contributed by atoms with Crippen LogP contribution >= 0.6 is 0 Å². The Labute approximate surface area is 463 Å². The minimum absolute atomic E-state index is 0.0616. The smallest absolute Gasteiger partial charge is 0.306 e. The molecule has 0 aliphatic carbocycles. The van der Waals surface area contributed by atoms with E-state index in [1.54, 1.807) is 0 Å². The van der Waals surface area contributed by atoms with E-state index < -0.39 is 6.10 Å². The molecule has 0 fully saturated rings. The summed E-state index contributed by atoms with van der Waals surface area (Å²) in [5.74, 6) is 0.915. The van der Waals surface area contributed by atoms with Gasteiger partial charge in [-0.15, -0.1) is 0 Å². The maximum Gasteiger partial charge on any atom is 0.306 e. The number of rotatable bonds is 62. The Hall–Kier alpha value is -1.59. The van der Waals surface area contributed by atoms with Crippen molar-refractivity contribution >= 4 is 17.9 Å². The van der Waals surface area contributed by atoms with Gasteiger partial charge in [0.15, 0.2) is 6.10 Å². The Morgan fingerprint density at radius 3 is 0.770 bits per heavy atom. The van der Waals surface area contributed by atoms with Gasteiger partial charge in [-0.05, 0) is 31.1 Å². The summed E-state index contributed by atoms with van der Waals surface area (Å²) in [4.78, 5) is 38.4. The van der Waals surface area contributed by atoms with Gasteiger partial charge in [0, 0.05) is 19.3 Å². The standard InChI is InChI=1S/C68H132O6/c1-6-8-9-10-11-12-13-14-15-16-17-21-24-27-33-38-43-48-53-58-66(69)72-61-65(62-73-67(70)59-54-49-44-39-34-30-29-31-36-41-46-51-56-63(3)4)74-68(71)60-55-50-45-40-35-28-25-22-19-18-20-23-26-32-37-42-47-52-57-64(5)7-2/h63-65H,6-62H2,1-5H3/t64?,65-/m1/s1. The minimum Gasteiger partial charge on any atom is -0.462 e. The van der Waals surface area contributed by atoms with Crippen molar-refractivity contribution in [3.8, 4) is 0 Å². The van der Waals surface area contributed by atoms with Gasteiger partial charge in [-0.1, -0.05) is 349 Å². The Balaban J connectivity index is 4.26. The van der Waals surface area contributed by atoms with Gasteiger partial charge in [0.25, 0.3) is 0 Å². The molecule has 0 radical (unpaired) electrons. The third kappa shape index (κ3) is 59.7. The van der Waals surface area contributed by atoms with Crippen LogP contribution in [0, 0.1) is 11.8 Å². The first-order valence-electron chi connectivity index (χ1n) is 33.8. The molecular formula is C68H132O6. The second kappa shape index (κ2) is 60.6. The maximum atomic E-state index is 12.9. The summed E-state index contributed by atoms with van der Waals surface area (Å²) in [5, 5.41) is 0. The van der Waals surface area contributed by atoms with Crippen molar-refractivity contribution in [2.45, 2.75) is 394 Å². The third-order valence-corrected chi connectivity index (χ3v) is 16.1. The predicted octanol–water partition coefficient (Wildman–Crippen LogP) is 22.8. The first-order chi connectivity index (χ1) is 36.3. The van der Waals surface area contributed by atoms with Gasteiger partial charge in [-0.3, -0.25) is 14.4 Å². The summed E-state index contributed by atoms with van der Waals surface area (Å²) in [6, 6.07) is 0. The second-order valence-corrected chi connectivity index (χ2v) is 24.2. The van der Waals surface area contributed by atoms with E-state index in [1.807, 2.05) is 0 Å². The summed E-state index contributed by atoms with van der Waals surface area (Å²) in [5.41, 5.74) is 0. The quantitative estimate of drug-likeness (QED) is 0.0343. The van der Waals surface area contributed by atoms with Gasteiger partial charge >= 0.3 is 17.9 Å². The number of unbranched alkanes of at least 4 members (excludes halogenated alkanes) is 46. The highest BCUT2D eigenvalue weighted by molar-refractivity contribution is 5.71. The molecule has 0 saturated carbocycles. The molecule has 0 N–H and O–H groups in total. The molecule has 0 aromatic rings. The first kappa shape index (κ1) is 72.4. The molecule has 0 aromatic heterocycles. The normalized spacial score (nSPS) is 12.4. The molecule has 74 heavy (non-hydrogen) atoms. The second-order valence-electron chi connectivity index (χ2n) is 24.2. The topological polar surface area (TPSA) is 78.9 Å². The molecule has 1 unspecified atom stereocenters. The largest absolute Gasteiger partial charge is 0.462 e. The van der Waals surface area contributed by atoms with Gasteiger partial charge in [0.1, 0.15) is 13.2 Å². The molecule has 6 heteroatoms. The fraction of sp³-hybridized carbons (Fsp3) is 0.956. The summed E-state index contributed by atoms with van der Waals surface area (Å²) in [6.45, 7) is 11.5. The summed E-state index contributed by atoms with van der Waals surface area (Å²) in [7, 11) is 0. The third-order valence-electron chi connectivity index (χ3n) is 16.1. The van der Waals surface area contributed by atoms with Crippen LogP contribution in [0.15, 0.2) is 0 Å². The van der Waals surface area contributed by atoms with Crippen LogP contribution in [-0.4, -0.2) is 37.2 Å². The van der Waals surface area contributed by atoms with E-state index in [0.29, 0.717) is 19.3 Å². The monoisotopic (exact) mass is 1050 g/mol. The number of ether oxygens (including phenoxy) is 3. The molecule has 0 amide bonds. The molecule has 0 aliphatic heterocycles. The average Bonchev–Trinajstić information content (AvgIpc) is 3.39. The van der Waals surface area contributed by atoms with E-state index in [9.17, 15) is 14.4 Å². The van der Waals surface area contributed by atoms with Crippen LogP contribution in [-0.2, 0) is 28.6 Å². The molecule has 2 atom stereocenters. The van der Waals surface area contributed by atoms with E-state index >= 15 is 0 Å². The van der Waals surface area contributed by atoms with Gasteiger partial charge in [0.2, 0.25) is 0 Å². The van der Waals surface area contributed by atoms with Crippen LogP contribution in [0.3, 0.4) is 0 Å². The van der Waals surface area contributed by atoms with Gasteiger partial charge in [-0.2, -0.15) is 0 Å². The van der Waals surface area contributed by atoms with Crippen molar-refractivity contribution < 1.29 is 28.6 Å². The van der Waals surface area contributed by atoms with Crippen LogP contribution in [0.1, 0.15) is 388 Å². The zero-order chi connectivity index (χ0) is 53.9. The highest BCUT2D eigenvalue weighted by atomic mass is 16.6. The molecule has 0 heterocycles. The van der Waals surface area contributed by atoms with Crippen LogP contribution in [0.4, 0.5) is 0 Å². The Morgan fingerprint density at radius 1 is 0.284 bits per heavy atom. The van der Waals surface area contributed by atoms with Crippen molar-refractivity contribution in [3.05, 3.63) is 0 Å². The molecular weight excluding hydrogens is 913 g/mol. The lowest BCUT2D eigenvalue weighted by Gasteiger charge is -2.18.